The normalized spacial score (nSPS) is 19.9. The minimum atomic E-state index is -0.0886. The largest absolute Gasteiger partial charge is 0.477 e. The maximum Gasteiger partial charge on any atom is 0.273 e. The van der Waals surface area contributed by atoms with E-state index in [2.05, 4.69) is 26.3 Å². The topological polar surface area (TPSA) is 56.2 Å². The molecule has 1 saturated carbocycles. The molecule has 1 aromatic rings. The third kappa shape index (κ3) is 2.85. The molecule has 1 aromatic heterocycles. The van der Waals surface area contributed by atoms with Gasteiger partial charge in [-0.2, -0.15) is 5.10 Å². The molecule has 0 saturated heterocycles. The van der Waals surface area contributed by atoms with Gasteiger partial charge >= 0.3 is 0 Å². The van der Waals surface area contributed by atoms with Crippen molar-refractivity contribution in [3.63, 3.8) is 0 Å². The minimum absolute atomic E-state index is 0.0886. The van der Waals surface area contributed by atoms with E-state index < -0.39 is 0 Å². The molecule has 1 N–H and O–H groups in total. The van der Waals surface area contributed by atoms with Crippen LogP contribution in [0.15, 0.2) is 4.47 Å². The van der Waals surface area contributed by atoms with Gasteiger partial charge in [-0.25, -0.2) is 4.68 Å². The van der Waals surface area contributed by atoms with Gasteiger partial charge in [-0.1, -0.05) is 25.7 Å². The monoisotopic (exact) mass is 341 g/mol. The SMILES string of the molecule is O=C(NC1CCCCCC1)c1nn2c(c1Br)OCCC2. The zero-order chi connectivity index (χ0) is 13.9. The molecule has 1 fully saturated rings. The Labute approximate surface area is 127 Å². The first-order valence-electron chi connectivity index (χ1n) is 7.45. The first-order valence-corrected chi connectivity index (χ1v) is 8.25. The van der Waals surface area contributed by atoms with Crippen LogP contribution in [0.5, 0.6) is 5.88 Å². The zero-order valence-electron chi connectivity index (χ0n) is 11.5. The summed E-state index contributed by atoms with van der Waals surface area (Å²) in [6.07, 6.45) is 8.06. The summed E-state index contributed by atoms with van der Waals surface area (Å²) in [4.78, 5) is 12.4. The van der Waals surface area contributed by atoms with Crippen LogP contribution in [0.2, 0.25) is 0 Å². The molecule has 110 valence electrons. The van der Waals surface area contributed by atoms with Crippen molar-refractivity contribution in [2.24, 2.45) is 0 Å². The number of halogens is 1. The van der Waals surface area contributed by atoms with Crippen LogP contribution in [-0.2, 0) is 6.54 Å². The molecular weight excluding hydrogens is 322 g/mol. The number of nitrogens with zero attached hydrogens (tertiary/aromatic N) is 2. The molecule has 6 heteroatoms. The summed E-state index contributed by atoms with van der Waals surface area (Å²) in [5, 5.41) is 7.50. The number of aromatic nitrogens is 2. The van der Waals surface area contributed by atoms with Gasteiger partial charge in [0.15, 0.2) is 5.69 Å². The maximum absolute atomic E-state index is 12.4. The van der Waals surface area contributed by atoms with Crippen LogP contribution in [0, 0.1) is 0 Å². The number of nitrogens with one attached hydrogen (secondary N) is 1. The van der Waals surface area contributed by atoms with E-state index in [1.165, 1.54) is 25.7 Å². The number of rotatable bonds is 2. The third-order valence-electron chi connectivity index (χ3n) is 4.01. The van der Waals surface area contributed by atoms with Crippen LogP contribution < -0.4 is 10.1 Å². The molecule has 1 aliphatic heterocycles. The van der Waals surface area contributed by atoms with E-state index >= 15 is 0 Å². The lowest BCUT2D eigenvalue weighted by Gasteiger charge is -2.15. The molecule has 1 aliphatic carbocycles. The van der Waals surface area contributed by atoms with Crippen LogP contribution >= 0.6 is 15.9 Å². The second kappa shape index (κ2) is 6.16. The van der Waals surface area contributed by atoms with Crippen LogP contribution in [0.1, 0.15) is 55.4 Å². The van der Waals surface area contributed by atoms with Gasteiger partial charge in [0.05, 0.1) is 6.61 Å². The summed E-state index contributed by atoms with van der Waals surface area (Å²) in [6.45, 7) is 1.50. The van der Waals surface area contributed by atoms with E-state index in [0.717, 1.165) is 25.8 Å². The number of fused-ring (bicyclic) bond motifs is 1. The van der Waals surface area contributed by atoms with Gasteiger partial charge in [-0.3, -0.25) is 4.79 Å². The van der Waals surface area contributed by atoms with Crippen LogP contribution in [-0.4, -0.2) is 28.3 Å². The van der Waals surface area contributed by atoms with Crippen molar-refractivity contribution in [1.29, 1.82) is 0 Å². The summed E-state index contributed by atoms with van der Waals surface area (Å²) in [5.74, 6) is 0.594. The molecular formula is C14H20BrN3O2. The fourth-order valence-electron chi connectivity index (χ4n) is 2.92. The number of carbonyl (C=O) groups is 1. The molecule has 1 amide bonds. The number of aryl methyl sites for hydroxylation is 1. The van der Waals surface area contributed by atoms with E-state index in [1.54, 1.807) is 4.68 Å². The molecule has 0 spiro atoms. The molecule has 0 aromatic carbocycles. The van der Waals surface area contributed by atoms with Gasteiger partial charge in [-0.15, -0.1) is 0 Å². The molecule has 20 heavy (non-hydrogen) atoms. The molecule has 2 heterocycles. The fraction of sp³-hybridized carbons (Fsp3) is 0.714. The van der Waals surface area contributed by atoms with Gasteiger partial charge in [0.1, 0.15) is 4.47 Å². The lowest BCUT2D eigenvalue weighted by Crippen LogP contribution is -2.34. The van der Waals surface area contributed by atoms with Crippen molar-refractivity contribution in [1.82, 2.24) is 15.1 Å². The molecule has 2 aliphatic rings. The lowest BCUT2D eigenvalue weighted by atomic mass is 10.1. The van der Waals surface area contributed by atoms with Crippen LogP contribution in [0.25, 0.3) is 0 Å². The Kier molecular flexibility index (Phi) is 4.29. The first-order chi connectivity index (χ1) is 9.75. The van der Waals surface area contributed by atoms with Gasteiger partial charge in [0, 0.05) is 19.0 Å². The van der Waals surface area contributed by atoms with E-state index in [4.69, 9.17) is 4.74 Å². The summed E-state index contributed by atoms with van der Waals surface area (Å²) in [5.41, 5.74) is 0.450. The average molecular weight is 342 g/mol. The van der Waals surface area contributed by atoms with Gasteiger partial charge in [0.25, 0.3) is 5.91 Å². The van der Waals surface area contributed by atoms with Crippen molar-refractivity contribution >= 4 is 21.8 Å². The zero-order valence-corrected chi connectivity index (χ0v) is 13.1. The van der Waals surface area contributed by atoms with Crippen molar-refractivity contribution in [3.8, 4) is 5.88 Å². The van der Waals surface area contributed by atoms with E-state index in [1.807, 2.05) is 0 Å². The highest BCUT2D eigenvalue weighted by Crippen LogP contribution is 2.31. The lowest BCUT2D eigenvalue weighted by molar-refractivity contribution is 0.0926. The highest BCUT2D eigenvalue weighted by molar-refractivity contribution is 9.10. The molecule has 0 atom stereocenters. The fourth-order valence-corrected chi connectivity index (χ4v) is 3.50. The predicted molar refractivity (Wildman–Crippen MR) is 79.0 cm³/mol. The standard InChI is InChI=1S/C14H20BrN3O2/c15-11-12(17-18-8-5-9-20-14(11)18)13(19)16-10-6-3-1-2-4-7-10/h10H,1-9H2,(H,16,19). The molecule has 5 nitrogen and oxygen atoms in total. The Balaban J connectivity index is 1.72. The molecule has 3 rings (SSSR count). The van der Waals surface area contributed by atoms with E-state index in [9.17, 15) is 4.79 Å². The van der Waals surface area contributed by atoms with Crippen molar-refractivity contribution in [2.75, 3.05) is 6.61 Å². The number of carbonyl (C=O) groups excluding carboxylic acids is 1. The third-order valence-corrected chi connectivity index (χ3v) is 4.72. The Morgan fingerprint density at radius 1 is 1.25 bits per heavy atom. The summed E-state index contributed by atoms with van der Waals surface area (Å²) >= 11 is 3.45. The van der Waals surface area contributed by atoms with Crippen LogP contribution in [0.3, 0.4) is 0 Å². The minimum Gasteiger partial charge on any atom is -0.477 e. The van der Waals surface area contributed by atoms with E-state index in [0.29, 0.717) is 22.7 Å². The second-order valence-corrected chi connectivity index (χ2v) is 6.35. The van der Waals surface area contributed by atoms with Crippen molar-refractivity contribution < 1.29 is 9.53 Å². The van der Waals surface area contributed by atoms with Crippen molar-refractivity contribution in [2.45, 2.75) is 57.5 Å². The van der Waals surface area contributed by atoms with Gasteiger partial charge in [-0.05, 0) is 28.8 Å². The molecule has 0 radical (unpaired) electrons. The average Bonchev–Trinajstić information content (AvgIpc) is 2.64. The highest BCUT2D eigenvalue weighted by Gasteiger charge is 2.26. The quantitative estimate of drug-likeness (QED) is 0.841. The van der Waals surface area contributed by atoms with Gasteiger partial charge < -0.3 is 10.1 Å². The Morgan fingerprint density at radius 3 is 2.70 bits per heavy atom. The number of ether oxygens (including phenoxy) is 1. The number of hydrogen-bond donors (Lipinski definition) is 1. The van der Waals surface area contributed by atoms with E-state index in [-0.39, 0.29) is 11.9 Å². The van der Waals surface area contributed by atoms with Crippen LogP contribution in [0.4, 0.5) is 0 Å². The number of amides is 1. The summed E-state index contributed by atoms with van der Waals surface area (Å²) in [6, 6.07) is 0.288. The summed E-state index contributed by atoms with van der Waals surface area (Å²) in [7, 11) is 0. The number of hydrogen-bond acceptors (Lipinski definition) is 3. The Bertz CT molecular complexity index is 493. The summed E-state index contributed by atoms with van der Waals surface area (Å²) < 4.78 is 8.03. The smallest absolute Gasteiger partial charge is 0.273 e. The Hall–Kier alpha value is -1.04. The first kappa shape index (κ1) is 13.9. The highest BCUT2D eigenvalue weighted by atomic mass is 79.9. The maximum atomic E-state index is 12.4. The van der Waals surface area contributed by atoms with Crippen molar-refractivity contribution in [3.05, 3.63) is 10.2 Å². The molecule has 0 bridgehead atoms. The predicted octanol–water partition coefficient (Wildman–Crippen LogP) is 2.88. The second-order valence-electron chi connectivity index (χ2n) is 5.55. The molecule has 0 unspecified atom stereocenters. The van der Waals surface area contributed by atoms with Gasteiger partial charge in [0.2, 0.25) is 5.88 Å². The Morgan fingerprint density at radius 2 is 2.00 bits per heavy atom.